The molecule has 0 fully saturated rings. The summed E-state index contributed by atoms with van der Waals surface area (Å²) in [4.78, 5) is 14.9. The van der Waals surface area contributed by atoms with Crippen molar-refractivity contribution in [3.05, 3.63) is 76.5 Å². The fraction of sp³-hybridized carbons (Fsp3) is 0.385. The number of benzene rings is 2. The van der Waals surface area contributed by atoms with Crippen LogP contribution in [-0.2, 0) is 28.9 Å². The Morgan fingerprint density at radius 3 is 2.82 bits per heavy atom. The summed E-state index contributed by atoms with van der Waals surface area (Å²) in [6.45, 7) is 4.52. The highest BCUT2D eigenvalue weighted by atomic mass is 16.5. The topological polar surface area (TPSA) is 74.0 Å². The predicted molar refractivity (Wildman–Crippen MR) is 124 cm³/mol. The summed E-state index contributed by atoms with van der Waals surface area (Å²) >= 11 is 0. The second-order valence-corrected chi connectivity index (χ2v) is 8.22. The molecule has 33 heavy (non-hydrogen) atoms. The average Bonchev–Trinajstić information content (AvgIpc) is 3.28. The van der Waals surface area contributed by atoms with E-state index in [4.69, 9.17) is 18.7 Å². The Hall–Kier alpha value is -3.32. The molecule has 3 aromatic rings. The van der Waals surface area contributed by atoms with Crippen molar-refractivity contribution in [1.82, 2.24) is 10.1 Å². The van der Waals surface area contributed by atoms with Gasteiger partial charge in [0.05, 0.1) is 20.3 Å². The molecular weight excluding hydrogens is 420 g/mol. The van der Waals surface area contributed by atoms with Gasteiger partial charge in [-0.2, -0.15) is 0 Å². The normalized spacial score (nSPS) is 14.7. The quantitative estimate of drug-likeness (QED) is 0.599. The second kappa shape index (κ2) is 11.0. The van der Waals surface area contributed by atoms with Gasteiger partial charge < -0.3 is 23.6 Å². The number of hydrogen-bond acceptors (Lipinski definition) is 6. The molecule has 2 aromatic carbocycles. The van der Waals surface area contributed by atoms with Crippen LogP contribution in [0.1, 0.15) is 34.4 Å². The number of hydrogen-bond donors (Lipinski definition) is 0. The molecule has 0 aliphatic carbocycles. The molecule has 7 nitrogen and oxygen atoms in total. The highest BCUT2D eigenvalue weighted by molar-refractivity contribution is 5.76. The zero-order valence-corrected chi connectivity index (χ0v) is 19.2. The van der Waals surface area contributed by atoms with Gasteiger partial charge in [0, 0.05) is 38.4 Å². The third kappa shape index (κ3) is 6.35. The molecule has 1 amide bonds. The summed E-state index contributed by atoms with van der Waals surface area (Å²) in [6, 6.07) is 16.4. The minimum absolute atomic E-state index is 0.0451. The summed E-state index contributed by atoms with van der Waals surface area (Å²) in [6.07, 6.45) is 1.57. The lowest BCUT2D eigenvalue weighted by Crippen LogP contribution is -2.34. The van der Waals surface area contributed by atoms with Crippen LogP contribution < -0.4 is 9.47 Å². The molecule has 2 bridgehead atoms. The van der Waals surface area contributed by atoms with Gasteiger partial charge in [-0.05, 0) is 34.8 Å². The lowest BCUT2D eigenvalue weighted by atomic mass is 10.00. The molecule has 1 aromatic heterocycles. The first-order chi connectivity index (χ1) is 16.1. The Bertz CT molecular complexity index is 1080. The molecule has 0 spiro atoms. The van der Waals surface area contributed by atoms with Gasteiger partial charge in [-0.1, -0.05) is 42.0 Å². The molecule has 2 heterocycles. The Morgan fingerprint density at radius 1 is 1.09 bits per heavy atom. The summed E-state index contributed by atoms with van der Waals surface area (Å²) in [5, 5.41) is 3.80. The van der Waals surface area contributed by atoms with Crippen molar-refractivity contribution in [1.29, 1.82) is 0 Å². The molecule has 0 saturated heterocycles. The Kier molecular flexibility index (Phi) is 7.62. The summed E-state index contributed by atoms with van der Waals surface area (Å²) in [7, 11) is 1.53. The van der Waals surface area contributed by atoms with E-state index in [0.29, 0.717) is 57.4 Å². The monoisotopic (exact) mass is 450 g/mol. The van der Waals surface area contributed by atoms with E-state index in [9.17, 15) is 4.79 Å². The van der Waals surface area contributed by atoms with Gasteiger partial charge in [-0.25, -0.2) is 0 Å². The van der Waals surface area contributed by atoms with Crippen LogP contribution >= 0.6 is 0 Å². The van der Waals surface area contributed by atoms with Gasteiger partial charge in [0.1, 0.15) is 18.1 Å². The molecule has 1 aliphatic rings. The minimum atomic E-state index is 0.0451. The maximum Gasteiger partial charge on any atom is 0.254 e. The molecular formula is C26H30N2O5. The van der Waals surface area contributed by atoms with E-state index in [-0.39, 0.29) is 5.91 Å². The lowest BCUT2D eigenvalue weighted by Gasteiger charge is -2.24. The lowest BCUT2D eigenvalue weighted by molar-refractivity contribution is -0.132. The number of ether oxygens (including phenoxy) is 3. The van der Waals surface area contributed by atoms with Crippen LogP contribution in [0.4, 0.5) is 0 Å². The van der Waals surface area contributed by atoms with Crippen LogP contribution in [-0.4, -0.2) is 49.4 Å². The number of nitrogens with zero attached hydrogens (tertiary/aromatic N) is 2. The van der Waals surface area contributed by atoms with Crippen LogP contribution in [0.5, 0.6) is 11.6 Å². The smallest absolute Gasteiger partial charge is 0.254 e. The van der Waals surface area contributed by atoms with Crippen LogP contribution in [0.2, 0.25) is 0 Å². The molecule has 4 rings (SSSR count). The molecule has 0 N–H and O–H groups in total. The standard InChI is InChI=1S/C26H30N2O5/c1-19-6-8-24-22(14-19)16-20-4-3-5-21(15-20)18-28(10-11-31-12-13-32-24)26(29)9-7-23-17-25(30-2)27-33-23/h3-6,8,14-15,17H,7,9-13,16,18H2,1-2H3. The van der Waals surface area contributed by atoms with Crippen molar-refractivity contribution in [2.45, 2.75) is 32.7 Å². The van der Waals surface area contributed by atoms with Crippen molar-refractivity contribution in [2.75, 3.05) is 33.5 Å². The van der Waals surface area contributed by atoms with E-state index in [1.807, 2.05) is 17.0 Å². The Morgan fingerprint density at radius 2 is 1.97 bits per heavy atom. The van der Waals surface area contributed by atoms with E-state index < -0.39 is 0 Å². The van der Waals surface area contributed by atoms with Crippen LogP contribution in [0.3, 0.4) is 0 Å². The van der Waals surface area contributed by atoms with Crippen molar-refractivity contribution in [3.63, 3.8) is 0 Å². The van der Waals surface area contributed by atoms with Gasteiger partial charge in [-0.15, -0.1) is 0 Å². The first kappa shape index (κ1) is 22.9. The zero-order valence-electron chi connectivity index (χ0n) is 19.2. The van der Waals surface area contributed by atoms with E-state index in [1.54, 1.807) is 6.07 Å². The highest BCUT2D eigenvalue weighted by Gasteiger charge is 2.17. The third-order valence-corrected chi connectivity index (χ3v) is 5.65. The average molecular weight is 451 g/mol. The maximum atomic E-state index is 13.0. The third-order valence-electron chi connectivity index (χ3n) is 5.65. The van der Waals surface area contributed by atoms with Crippen LogP contribution in [0.15, 0.2) is 53.1 Å². The fourth-order valence-electron chi connectivity index (χ4n) is 3.94. The largest absolute Gasteiger partial charge is 0.491 e. The van der Waals surface area contributed by atoms with Crippen molar-refractivity contribution >= 4 is 5.91 Å². The summed E-state index contributed by atoms with van der Waals surface area (Å²) in [5.74, 6) is 1.99. The van der Waals surface area contributed by atoms with E-state index in [0.717, 1.165) is 23.3 Å². The van der Waals surface area contributed by atoms with Gasteiger partial charge in [0.2, 0.25) is 5.91 Å². The predicted octanol–water partition coefficient (Wildman–Crippen LogP) is 3.95. The Labute approximate surface area is 194 Å². The van der Waals surface area contributed by atoms with Gasteiger partial charge in [-0.3, -0.25) is 4.79 Å². The van der Waals surface area contributed by atoms with Crippen molar-refractivity contribution in [2.24, 2.45) is 0 Å². The maximum absolute atomic E-state index is 13.0. The number of carbonyl (C=O) groups excluding carboxylic acids is 1. The Balaban J connectivity index is 1.49. The molecule has 0 atom stereocenters. The molecule has 174 valence electrons. The number of amides is 1. The number of aromatic nitrogens is 1. The molecule has 7 heteroatoms. The summed E-state index contributed by atoms with van der Waals surface area (Å²) < 4.78 is 22.0. The number of rotatable bonds is 4. The number of aryl methyl sites for hydroxylation is 2. The molecule has 0 unspecified atom stereocenters. The summed E-state index contributed by atoms with van der Waals surface area (Å²) in [5.41, 5.74) is 4.64. The first-order valence-electron chi connectivity index (χ1n) is 11.3. The van der Waals surface area contributed by atoms with Crippen molar-refractivity contribution in [3.8, 4) is 11.6 Å². The van der Waals surface area contributed by atoms with Gasteiger partial charge >= 0.3 is 0 Å². The van der Waals surface area contributed by atoms with Crippen molar-refractivity contribution < 1.29 is 23.5 Å². The minimum Gasteiger partial charge on any atom is -0.491 e. The van der Waals surface area contributed by atoms with Gasteiger partial charge in [0.15, 0.2) is 0 Å². The second-order valence-electron chi connectivity index (χ2n) is 8.22. The number of carbonyl (C=O) groups is 1. The van der Waals surface area contributed by atoms with Gasteiger partial charge in [0.25, 0.3) is 5.88 Å². The first-order valence-corrected chi connectivity index (χ1v) is 11.3. The van der Waals surface area contributed by atoms with E-state index in [2.05, 4.69) is 42.4 Å². The number of methoxy groups -OCH3 is 1. The van der Waals surface area contributed by atoms with E-state index in [1.165, 1.54) is 18.2 Å². The zero-order chi connectivity index (χ0) is 23.0. The fourth-order valence-corrected chi connectivity index (χ4v) is 3.94. The molecule has 0 saturated carbocycles. The molecule has 0 radical (unpaired) electrons. The van der Waals surface area contributed by atoms with Crippen LogP contribution in [0, 0.1) is 6.92 Å². The molecule has 1 aliphatic heterocycles. The highest BCUT2D eigenvalue weighted by Crippen LogP contribution is 2.24. The number of fused-ring (bicyclic) bond motifs is 3. The van der Waals surface area contributed by atoms with Crippen LogP contribution in [0.25, 0.3) is 0 Å². The van der Waals surface area contributed by atoms with E-state index >= 15 is 0 Å². The SMILES string of the molecule is COc1cc(CCC(=O)N2CCOCCOc3ccc(C)cc3Cc3cccc(c3)C2)on1.